The minimum Gasteiger partial charge on any atom is -0.481 e. The fourth-order valence-electron chi connectivity index (χ4n) is 2.13. The number of carbonyl (C=O) groups is 1. The van der Waals surface area contributed by atoms with Crippen LogP contribution in [0.25, 0.3) is 0 Å². The average Bonchev–Trinajstić information content (AvgIpc) is 2.54. The molecule has 0 spiro atoms. The Morgan fingerprint density at radius 1 is 0.870 bits per heavy atom. The molecule has 0 saturated heterocycles. The molecule has 5 nitrogen and oxygen atoms in total. The molecule has 0 aliphatic carbocycles. The second-order valence-electron chi connectivity index (χ2n) is 5.94. The lowest BCUT2D eigenvalue weighted by Gasteiger charge is -2.00. The van der Waals surface area contributed by atoms with Crippen LogP contribution in [0.3, 0.4) is 0 Å². The summed E-state index contributed by atoms with van der Waals surface area (Å²) in [6, 6.07) is 0. The fourth-order valence-corrected chi connectivity index (χ4v) is 2.13. The summed E-state index contributed by atoms with van der Waals surface area (Å²) in [6.07, 6.45) is 13.1. The molecule has 0 aliphatic heterocycles. The van der Waals surface area contributed by atoms with Gasteiger partial charge in [-0.1, -0.05) is 51.9 Å². The first kappa shape index (κ1) is 24.6. The van der Waals surface area contributed by atoms with E-state index >= 15 is 0 Å². The van der Waals surface area contributed by atoms with Crippen molar-refractivity contribution in [3.63, 3.8) is 0 Å². The maximum atomic E-state index is 10.2. The Bertz CT molecular complexity index is 218. The molecule has 0 heterocycles. The molecule has 0 aromatic carbocycles. The molecule has 0 aliphatic rings. The summed E-state index contributed by atoms with van der Waals surface area (Å²) < 4.78 is 0. The van der Waals surface area contributed by atoms with Crippen molar-refractivity contribution in [3.8, 4) is 0 Å². The van der Waals surface area contributed by atoms with Crippen LogP contribution in [0.4, 0.5) is 0 Å². The van der Waals surface area contributed by atoms with Crippen molar-refractivity contribution in [2.75, 3.05) is 26.2 Å². The number of unbranched alkanes of at least 4 members (excludes halogenated alkanes) is 8. The summed E-state index contributed by atoms with van der Waals surface area (Å²) in [7, 11) is 0. The van der Waals surface area contributed by atoms with Gasteiger partial charge in [0.25, 0.3) is 0 Å². The molecule has 140 valence electrons. The first-order chi connectivity index (χ1) is 11.2. The number of rotatable bonds is 16. The summed E-state index contributed by atoms with van der Waals surface area (Å²) in [4.78, 5) is 10.2. The van der Waals surface area contributed by atoms with Crippen LogP contribution in [0.5, 0.6) is 0 Å². The van der Waals surface area contributed by atoms with E-state index in [4.69, 9.17) is 15.9 Å². The van der Waals surface area contributed by atoms with Gasteiger partial charge in [0.1, 0.15) is 0 Å². The maximum absolute atomic E-state index is 10.2. The number of aliphatic hydroxyl groups excluding tert-OH is 1. The largest absolute Gasteiger partial charge is 0.481 e. The van der Waals surface area contributed by atoms with Crippen LogP contribution >= 0.6 is 0 Å². The maximum Gasteiger partial charge on any atom is 0.303 e. The van der Waals surface area contributed by atoms with Crippen molar-refractivity contribution in [2.24, 2.45) is 5.73 Å². The van der Waals surface area contributed by atoms with Crippen molar-refractivity contribution in [2.45, 2.75) is 84.0 Å². The van der Waals surface area contributed by atoms with E-state index in [2.05, 4.69) is 12.2 Å². The van der Waals surface area contributed by atoms with Gasteiger partial charge in [-0.15, -0.1) is 0 Å². The Kier molecular flexibility index (Phi) is 25.3. The van der Waals surface area contributed by atoms with E-state index in [0.29, 0.717) is 6.42 Å². The van der Waals surface area contributed by atoms with Gasteiger partial charge in [-0.25, -0.2) is 0 Å². The zero-order valence-corrected chi connectivity index (χ0v) is 15.2. The standard InChI is InChI=1S/C11H22O2.C7H18N2O/c1-2-3-4-5-6-7-8-9-10-11(12)13;8-4-1-2-5-9-6-3-7-10/h2-10H2,1H3,(H,12,13);9-10H,1-8H2. The normalized spacial score (nSPS) is 10.2. The van der Waals surface area contributed by atoms with E-state index in [-0.39, 0.29) is 6.61 Å². The number of hydrogen-bond donors (Lipinski definition) is 4. The third kappa shape index (κ3) is 29.9. The number of aliphatic carboxylic acids is 1. The van der Waals surface area contributed by atoms with E-state index in [0.717, 1.165) is 51.7 Å². The Labute approximate surface area is 143 Å². The van der Waals surface area contributed by atoms with Crippen molar-refractivity contribution >= 4 is 5.97 Å². The van der Waals surface area contributed by atoms with Gasteiger partial charge in [0.2, 0.25) is 0 Å². The molecule has 0 fully saturated rings. The molecular formula is C18H40N2O3. The van der Waals surface area contributed by atoms with E-state index < -0.39 is 5.97 Å². The zero-order valence-electron chi connectivity index (χ0n) is 15.2. The van der Waals surface area contributed by atoms with Gasteiger partial charge in [0.05, 0.1) is 0 Å². The first-order valence-corrected chi connectivity index (χ1v) is 9.42. The second kappa shape index (κ2) is 23.6. The summed E-state index contributed by atoms with van der Waals surface area (Å²) in [5.41, 5.74) is 5.30. The molecule has 5 N–H and O–H groups in total. The molecule has 0 amide bonds. The SMILES string of the molecule is CCCCCCCCCCC(=O)O.NCCCCNCCCO. The van der Waals surface area contributed by atoms with E-state index in [1.54, 1.807) is 0 Å². The van der Waals surface area contributed by atoms with Gasteiger partial charge in [-0.2, -0.15) is 0 Å². The molecule has 0 rings (SSSR count). The molecule has 0 atom stereocenters. The highest BCUT2D eigenvalue weighted by atomic mass is 16.4. The van der Waals surface area contributed by atoms with Crippen molar-refractivity contribution in [1.29, 1.82) is 0 Å². The molecule has 0 saturated carbocycles. The molecule has 5 heteroatoms. The van der Waals surface area contributed by atoms with Crippen molar-refractivity contribution in [3.05, 3.63) is 0 Å². The van der Waals surface area contributed by atoms with Gasteiger partial charge >= 0.3 is 5.97 Å². The van der Waals surface area contributed by atoms with Crippen LogP contribution in [-0.2, 0) is 4.79 Å². The lowest BCUT2D eigenvalue weighted by Crippen LogP contribution is -2.18. The minimum absolute atomic E-state index is 0.282. The highest BCUT2D eigenvalue weighted by Gasteiger charge is 1.96. The highest BCUT2D eigenvalue weighted by Crippen LogP contribution is 2.09. The van der Waals surface area contributed by atoms with Crippen LogP contribution in [0.1, 0.15) is 84.0 Å². The predicted octanol–water partition coefficient (Wildman–Crippen LogP) is 3.30. The van der Waals surface area contributed by atoms with Gasteiger partial charge in [0.15, 0.2) is 0 Å². The van der Waals surface area contributed by atoms with E-state index in [1.807, 2.05) is 0 Å². The summed E-state index contributed by atoms with van der Waals surface area (Å²) in [5.74, 6) is -0.661. The molecule has 0 unspecified atom stereocenters. The Morgan fingerprint density at radius 3 is 1.96 bits per heavy atom. The molecule has 0 bridgehead atoms. The quantitative estimate of drug-likeness (QED) is 0.325. The number of nitrogens with two attached hydrogens (primary N) is 1. The topological polar surface area (TPSA) is 95.6 Å². The monoisotopic (exact) mass is 332 g/mol. The zero-order chi connectivity index (χ0) is 17.6. The van der Waals surface area contributed by atoms with Gasteiger partial charge in [-0.3, -0.25) is 4.79 Å². The molecule has 0 aromatic heterocycles. The van der Waals surface area contributed by atoms with Crippen molar-refractivity contribution in [1.82, 2.24) is 5.32 Å². The van der Waals surface area contributed by atoms with Crippen molar-refractivity contribution < 1.29 is 15.0 Å². The second-order valence-corrected chi connectivity index (χ2v) is 5.94. The summed E-state index contributed by atoms with van der Waals surface area (Å²) in [6.45, 7) is 5.22. The van der Waals surface area contributed by atoms with Crippen LogP contribution in [0, 0.1) is 0 Å². The number of aliphatic hydroxyl groups is 1. The van der Waals surface area contributed by atoms with Crippen LogP contribution in [0.15, 0.2) is 0 Å². The summed E-state index contributed by atoms with van der Waals surface area (Å²) in [5, 5.41) is 20.0. The third-order valence-electron chi connectivity index (χ3n) is 3.56. The smallest absolute Gasteiger partial charge is 0.303 e. The Balaban J connectivity index is 0. The fraction of sp³-hybridized carbons (Fsp3) is 0.944. The third-order valence-corrected chi connectivity index (χ3v) is 3.56. The highest BCUT2D eigenvalue weighted by molar-refractivity contribution is 5.66. The average molecular weight is 333 g/mol. The van der Waals surface area contributed by atoms with Crippen LogP contribution in [-0.4, -0.2) is 42.4 Å². The predicted molar refractivity (Wildman–Crippen MR) is 97.7 cm³/mol. The van der Waals surface area contributed by atoms with Gasteiger partial charge < -0.3 is 21.3 Å². The van der Waals surface area contributed by atoms with Crippen LogP contribution in [0.2, 0.25) is 0 Å². The summed E-state index contributed by atoms with van der Waals surface area (Å²) >= 11 is 0. The molecule has 23 heavy (non-hydrogen) atoms. The minimum atomic E-state index is -0.661. The molecule has 0 radical (unpaired) electrons. The number of carboxylic acid groups (broad SMARTS) is 1. The number of hydrogen-bond acceptors (Lipinski definition) is 4. The van der Waals surface area contributed by atoms with Gasteiger partial charge in [-0.05, 0) is 45.3 Å². The van der Waals surface area contributed by atoms with E-state index in [9.17, 15) is 4.79 Å². The van der Waals surface area contributed by atoms with Crippen LogP contribution < -0.4 is 11.1 Å². The Morgan fingerprint density at radius 2 is 1.43 bits per heavy atom. The van der Waals surface area contributed by atoms with E-state index in [1.165, 1.54) is 38.5 Å². The van der Waals surface area contributed by atoms with Gasteiger partial charge in [0, 0.05) is 13.0 Å². The molecule has 0 aromatic rings. The lowest BCUT2D eigenvalue weighted by atomic mass is 10.1. The first-order valence-electron chi connectivity index (χ1n) is 9.42. The Hall–Kier alpha value is -0.650. The molecular weight excluding hydrogens is 292 g/mol. The number of carboxylic acids is 1. The lowest BCUT2D eigenvalue weighted by molar-refractivity contribution is -0.137. The number of nitrogens with one attached hydrogen (secondary N) is 1.